The van der Waals surface area contributed by atoms with E-state index in [1.165, 1.54) is 13.2 Å². The lowest BCUT2D eigenvalue weighted by Crippen LogP contribution is -2.26. The molecule has 0 bridgehead atoms. The van der Waals surface area contributed by atoms with Crippen LogP contribution in [0.5, 0.6) is 0 Å². The van der Waals surface area contributed by atoms with Crippen molar-refractivity contribution in [1.29, 1.82) is 0 Å². The molecule has 4 heteroatoms. The van der Waals surface area contributed by atoms with Gasteiger partial charge < -0.3 is 14.7 Å². The number of carbonyl (C=O) groups is 1. The van der Waals surface area contributed by atoms with Crippen molar-refractivity contribution in [2.75, 3.05) is 20.2 Å². The van der Waals surface area contributed by atoms with Crippen molar-refractivity contribution < 1.29 is 14.6 Å². The highest BCUT2D eigenvalue weighted by Gasteiger charge is 2.36. The number of ether oxygens (including phenoxy) is 1. The van der Waals surface area contributed by atoms with Gasteiger partial charge in [0.1, 0.15) is 0 Å². The number of aliphatic hydroxyl groups excluding tert-OH is 1. The van der Waals surface area contributed by atoms with Gasteiger partial charge in [0.05, 0.1) is 13.2 Å². The molecule has 1 heterocycles. The summed E-state index contributed by atoms with van der Waals surface area (Å²) in [6.45, 7) is 5.33. The minimum absolute atomic E-state index is 0.111. The summed E-state index contributed by atoms with van der Waals surface area (Å²) in [5, 5.41) is 9.66. The van der Waals surface area contributed by atoms with Gasteiger partial charge in [-0.05, 0) is 0 Å². The predicted octanol–water partition coefficient (Wildman–Crippen LogP) is 0.376. The molecule has 0 spiro atoms. The lowest BCUT2D eigenvalue weighted by Gasteiger charge is -2.20. The molecular formula is C10H17NO3. The fraction of sp³-hybridized carbons (Fsp3) is 0.700. The Bertz CT molecular complexity index is 248. The highest BCUT2D eigenvalue weighted by Crippen LogP contribution is 2.29. The van der Waals surface area contributed by atoms with Crippen molar-refractivity contribution in [2.45, 2.75) is 20.0 Å². The summed E-state index contributed by atoms with van der Waals surface area (Å²) in [7, 11) is 1.34. The van der Waals surface area contributed by atoms with E-state index >= 15 is 0 Å². The number of esters is 1. The first-order valence-corrected chi connectivity index (χ1v) is 4.64. The molecule has 80 valence electrons. The van der Waals surface area contributed by atoms with E-state index in [2.05, 4.69) is 4.74 Å². The Kier molecular flexibility index (Phi) is 3.16. The average Bonchev–Trinajstić information content (AvgIpc) is 2.37. The lowest BCUT2D eigenvalue weighted by atomic mass is 9.90. The van der Waals surface area contributed by atoms with E-state index in [4.69, 9.17) is 0 Å². The van der Waals surface area contributed by atoms with E-state index in [-0.39, 0.29) is 17.5 Å². The molecule has 1 unspecified atom stereocenters. The zero-order valence-corrected chi connectivity index (χ0v) is 8.86. The highest BCUT2D eigenvalue weighted by molar-refractivity contribution is 5.81. The number of likely N-dealkylation sites (tertiary alicyclic amines) is 1. The van der Waals surface area contributed by atoms with Crippen molar-refractivity contribution in [3.63, 3.8) is 0 Å². The number of rotatable bonds is 2. The van der Waals surface area contributed by atoms with Crippen molar-refractivity contribution in [1.82, 2.24) is 4.90 Å². The van der Waals surface area contributed by atoms with Gasteiger partial charge in [0.2, 0.25) is 0 Å². The van der Waals surface area contributed by atoms with Gasteiger partial charge in [-0.15, -0.1) is 0 Å². The molecule has 1 fully saturated rings. The molecule has 0 aliphatic carbocycles. The number of aliphatic hydroxyl groups is 1. The summed E-state index contributed by atoms with van der Waals surface area (Å²) in [5.74, 6) is -0.371. The molecule has 1 rings (SSSR count). The van der Waals surface area contributed by atoms with Crippen LogP contribution in [0.4, 0.5) is 0 Å². The second kappa shape index (κ2) is 4.00. The molecule has 0 aromatic heterocycles. The Balaban J connectivity index is 2.51. The molecule has 0 aromatic rings. The van der Waals surface area contributed by atoms with E-state index in [0.29, 0.717) is 6.54 Å². The van der Waals surface area contributed by atoms with Crippen LogP contribution in [-0.4, -0.2) is 42.3 Å². The molecule has 1 atom stereocenters. The van der Waals surface area contributed by atoms with Crippen LogP contribution in [0.3, 0.4) is 0 Å². The van der Waals surface area contributed by atoms with E-state index in [9.17, 15) is 9.90 Å². The minimum atomic E-state index is -0.371. The molecule has 14 heavy (non-hydrogen) atoms. The number of carbonyl (C=O) groups excluding carboxylic acids is 1. The first kappa shape index (κ1) is 11.0. The van der Waals surface area contributed by atoms with Gasteiger partial charge in [0, 0.05) is 30.8 Å². The SMILES string of the molecule is COC(=O)/C=C/N1CC(O)C(C)(C)C1. The van der Waals surface area contributed by atoms with E-state index in [1.807, 2.05) is 18.7 Å². The fourth-order valence-corrected chi connectivity index (χ4v) is 1.51. The molecule has 4 nitrogen and oxygen atoms in total. The quantitative estimate of drug-likeness (QED) is 0.516. The van der Waals surface area contributed by atoms with Crippen molar-refractivity contribution in [3.05, 3.63) is 12.3 Å². The van der Waals surface area contributed by atoms with Crippen molar-refractivity contribution in [2.24, 2.45) is 5.41 Å². The zero-order valence-electron chi connectivity index (χ0n) is 8.86. The predicted molar refractivity (Wildman–Crippen MR) is 52.5 cm³/mol. The van der Waals surface area contributed by atoms with Gasteiger partial charge in [-0.1, -0.05) is 13.8 Å². The maximum absolute atomic E-state index is 10.8. The Labute approximate surface area is 84.2 Å². The van der Waals surface area contributed by atoms with Crippen LogP contribution in [0.2, 0.25) is 0 Å². The van der Waals surface area contributed by atoms with Crippen LogP contribution >= 0.6 is 0 Å². The summed E-state index contributed by atoms with van der Waals surface area (Å²) in [6, 6.07) is 0. The standard InChI is InChI=1S/C10H17NO3/c1-10(2)7-11(6-8(10)12)5-4-9(13)14-3/h4-5,8,12H,6-7H2,1-3H3/b5-4+. The van der Waals surface area contributed by atoms with E-state index in [0.717, 1.165) is 6.54 Å². The van der Waals surface area contributed by atoms with E-state index < -0.39 is 0 Å². The molecule has 0 aromatic carbocycles. The monoisotopic (exact) mass is 199 g/mol. The highest BCUT2D eigenvalue weighted by atomic mass is 16.5. The second-order valence-electron chi connectivity index (χ2n) is 4.27. The van der Waals surface area contributed by atoms with Gasteiger partial charge in [0.15, 0.2) is 0 Å². The van der Waals surface area contributed by atoms with Crippen LogP contribution in [-0.2, 0) is 9.53 Å². The van der Waals surface area contributed by atoms with Gasteiger partial charge in [-0.3, -0.25) is 0 Å². The third-order valence-electron chi connectivity index (χ3n) is 2.54. The molecule has 1 aliphatic heterocycles. The average molecular weight is 199 g/mol. The number of hydrogen-bond donors (Lipinski definition) is 1. The maximum Gasteiger partial charge on any atom is 0.331 e. The molecular weight excluding hydrogens is 182 g/mol. The third-order valence-corrected chi connectivity index (χ3v) is 2.54. The van der Waals surface area contributed by atoms with Crippen LogP contribution in [0.25, 0.3) is 0 Å². The summed E-state index contributed by atoms with van der Waals surface area (Å²) < 4.78 is 4.47. The smallest absolute Gasteiger partial charge is 0.331 e. The largest absolute Gasteiger partial charge is 0.466 e. The number of nitrogens with zero attached hydrogens (tertiary/aromatic N) is 1. The normalized spacial score (nSPS) is 25.7. The summed E-state index contributed by atoms with van der Waals surface area (Å²) >= 11 is 0. The van der Waals surface area contributed by atoms with Crippen molar-refractivity contribution >= 4 is 5.97 Å². The topological polar surface area (TPSA) is 49.8 Å². The molecule has 1 aliphatic rings. The number of hydrogen-bond acceptors (Lipinski definition) is 4. The van der Waals surface area contributed by atoms with Gasteiger partial charge >= 0.3 is 5.97 Å². The van der Waals surface area contributed by atoms with Crippen molar-refractivity contribution in [3.8, 4) is 0 Å². The molecule has 0 radical (unpaired) electrons. The number of β-amino-alcohol motifs (C(OH)–C–C–N with tert-alkyl or cyclic N) is 1. The van der Waals surface area contributed by atoms with Gasteiger partial charge in [0.25, 0.3) is 0 Å². The summed E-state index contributed by atoms with van der Waals surface area (Å²) in [4.78, 5) is 12.7. The zero-order chi connectivity index (χ0) is 10.8. The molecule has 1 N–H and O–H groups in total. The minimum Gasteiger partial charge on any atom is -0.466 e. The van der Waals surface area contributed by atoms with Gasteiger partial charge in [-0.25, -0.2) is 4.79 Å². The second-order valence-corrected chi connectivity index (χ2v) is 4.27. The Morgan fingerprint density at radius 1 is 1.64 bits per heavy atom. The lowest BCUT2D eigenvalue weighted by molar-refractivity contribution is -0.134. The summed E-state index contributed by atoms with van der Waals surface area (Å²) in [5.41, 5.74) is -0.111. The summed E-state index contributed by atoms with van der Waals surface area (Å²) in [6.07, 6.45) is 2.70. The maximum atomic E-state index is 10.8. The molecule has 1 saturated heterocycles. The number of methoxy groups -OCH3 is 1. The first-order valence-electron chi connectivity index (χ1n) is 4.64. The fourth-order valence-electron chi connectivity index (χ4n) is 1.51. The Morgan fingerprint density at radius 2 is 2.29 bits per heavy atom. The van der Waals surface area contributed by atoms with Crippen LogP contribution in [0, 0.1) is 5.41 Å². The Hall–Kier alpha value is -1.03. The molecule has 0 saturated carbocycles. The Morgan fingerprint density at radius 3 is 2.71 bits per heavy atom. The van der Waals surface area contributed by atoms with Gasteiger partial charge in [-0.2, -0.15) is 0 Å². The van der Waals surface area contributed by atoms with Crippen LogP contribution in [0.15, 0.2) is 12.3 Å². The first-order chi connectivity index (χ1) is 6.45. The van der Waals surface area contributed by atoms with Crippen LogP contribution < -0.4 is 0 Å². The third kappa shape index (κ3) is 2.48. The molecule has 0 amide bonds. The van der Waals surface area contributed by atoms with Crippen LogP contribution in [0.1, 0.15) is 13.8 Å². The van der Waals surface area contributed by atoms with E-state index in [1.54, 1.807) is 6.20 Å².